The summed E-state index contributed by atoms with van der Waals surface area (Å²) in [7, 11) is 0. The Morgan fingerprint density at radius 3 is 3.08 bits per heavy atom. The zero-order valence-electron chi connectivity index (χ0n) is 6.53. The van der Waals surface area contributed by atoms with E-state index in [1.165, 1.54) is 0 Å². The Morgan fingerprint density at radius 1 is 1.50 bits per heavy atom. The van der Waals surface area contributed by atoms with Gasteiger partial charge in [0, 0.05) is 6.92 Å². The van der Waals surface area contributed by atoms with E-state index in [4.69, 9.17) is 9.68 Å². The molecule has 0 aliphatic heterocycles. The lowest BCUT2D eigenvalue weighted by atomic mass is 10.2. The van der Waals surface area contributed by atoms with E-state index in [0.29, 0.717) is 17.0 Å². The Morgan fingerprint density at radius 2 is 2.33 bits per heavy atom. The van der Waals surface area contributed by atoms with Gasteiger partial charge in [-0.05, 0) is 12.1 Å². The zero-order chi connectivity index (χ0) is 8.55. The average molecular weight is 158 g/mol. The monoisotopic (exact) mass is 158 g/mol. The van der Waals surface area contributed by atoms with Crippen LogP contribution in [0.15, 0.2) is 22.6 Å². The number of oxazole rings is 1. The van der Waals surface area contributed by atoms with Gasteiger partial charge in [0.05, 0.1) is 5.56 Å². The SMILES string of the molecule is Cc1nc2cccc(C#N)c2o1. The number of aromatic nitrogens is 1. The van der Waals surface area contributed by atoms with E-state index in [9.17, 15) is 0 Å². The fourth-order valence-electron chi connectivity index (χ4n) is 1.15. The van der Waals surface area contributed by atoms with Gasteiger partial charge in [0.15, 0.2) is 11.5 Å². The van der Waals surface area contributed by atoms with E-state index in [0.717, 1.165) is 5.52 Å². The number of aryl methyl sites for hydroxylation is 1. The zero-order valence-corrected chi connectivity index (χ0v) is 6.53. The van der Waals surface area contributed by atoms with Crippen LogP contribution in [-0.4, -0.2) is 4.98 Å². The van der Waals surface area contributed by atoms with Gasteiger partial charge in [-0.2, -0.15) is 5.26 Å². The van der Waals surface area contributed by atoms with Crippen LogP contribution in [0.3, 0.4) is 0 Å². The fourth-order valence-corrected chi connectivity index (χ4v) is 1.15. The largest absolute Gasteiger partial charge is 0.440 e. The van der Waals surface area contributed by atoms with Crippen molar-refractivity contribution < 1.29 is 4.42 Å². The molecule has 0 fully saturated rings. The first-order chi connectivity index (χ1) is 5.81. The molecule has 1 heterocycles. The predicted octanol–water partition coefficient (Wildman–Crippen LogP) is 2.01. The number of nitrogens with zero attached hydrogens (tertiary/aromatic N) is 2. The molecule has 1 aromatic carbocycles. The van der Waals surface area contributed by atoms with E-state index in [-0.39, 0.29) is 0 Å². The van der Waals surface area contributed by atoms with Crippen molar-refractivity contribution in [1.29, 1.82) is 5.26 Å². The highest BCUT2D eigenvalue weighted by atomic mass is 16.3. The Bertz CT molecular complexity index is 465. The molecule has 0 radical (unpaired) electrons. The first kappa shape index (κ1) is 6.86. The summed E-state index contributed by atoms with van der Waals surface area (Å²) >= 11 is 0. The van der Waals surface area contributed by atoms with Crippen LogP contribution >= 0.6 is 0 Å². The summed E-state index contributed by atoms with van der Waals surface area (Å²) in [6, 6.07) is 7.39. The second-order valence-corrected chi connectivity index (χ2v) is 2.50. The van der Waals surface area contributed by atoms with Crippen molar-refractivity contribution in [3.63, 3.8) is 0 Å². The third-order valence-corrected chi connectivity index (χ3v) is 1.64. The Hall–Kier alpha value is -1.82. The maximum Gasteiger partial charge on any atom is 0.192 e. The number of hydrogen-bond acceptors (Lipinski definition) is 3. The van der Waals surface area contributed by atoms with Crippen molar-refractivity contribution in [1.82, 2.24) is 4.98 Å². The molecule has 0 atom stereocenters. The lowest BCUT2D eigenvalue weighted by molar-refractivity contribution is 0.560. The smallest absolute Gasteiger partial charge is 0.192 e. The molecule has 0 N–H and O–H groups in total. The summed E-state index contributed by atoms with van der Waals surface area (Å²) < 4.78 is 5.26. The van der Waals surface area contributed by atoms with E-state index in [2.05, 4.69) is 4.98 Å². The van der Waals surface area contributed by atoms with Crippen LogP contribution in [0.25, 0.3) is 11.1 Å². The van der Waals surface area contributed by atoms with Gasteiger partial charge in [-0.25, -0.2) is 4.98 Å². The van der Waals surface area contributed by atoms with E-state index in [1.807, 2.05) is 12.1 Å². The number of benzene rings is 1. The van der Waals surface area contributed by atoms with Gasteiger partial charge < -0.3 is 4.42 Å². The van der Waals surface area contributed by atoms with Gasteiger partial charge >= 0.3 is 0 Å². The summed E-state index contributed by atoms with van der Waals surface area (Å²) in [4.78, 5) is 4.10. The molecule has 0 amide bonds. The minimum Gasteiger partial charge on any atom is -0.440 e. The second kappa shape index (κ2) is 2.35. The predicted molar refractivity (Wildman–Crippen MR) is 43.5 cm³/mol. The van der Waals surface area contributed by atoms with Crippen molar-refractivity contribution in [2.75, 3.05) is 0 Å². The van der Waals surface area contributed by atoms with Crippen LogP contribution in [0.5, 0.6) is 0 Å². The van der Waals surface area contributed by atoms with Crippen LogP contribution in [-0.2, 0) is 0 Å². The second-order valence-electron chi connectivity index (χ2n) is 2.50. The van der Waals surface area contributed by atoms with Crippen molar-refractivity contribution in [3.05, 3.63) is 29.7 Å². The normalized spacial score (nSPS) is 10.0. The van der Waals surface area contributed by atoms with Gasteiger partial charge in [0.2, 0.25) is 0 Å². The molecule has 0 spiro atoms. The van der Waals surface area contributed by atoms with Gasteiger partial charge in [-0.1, -0.05) is 6.07 Å². The maximum atomic E-state index is 8.71. The summed E-state index contributed by atoms with van der Waals surface area (Å²) in [5.74, 6) is 0.590. The van der Waals surface area contributed by atoms with Gasteiger partial charge in [-0.3, -0.25) is 0 Å². The van der Waals surface area contributed by atoms with Crippen LogP contribution < -0.4 is 0 Å². The highest BCUT2D eigenvalue weighted by Crippen LogP contribution is 2.18. The fraction of sp³-hybridized carbons (Fsp3) is 0.111. The lowest BCUT2D eigenvalue weighted by Crippen LogP contribution is -1.73. The molecule has 3 heteroatoms. The molecule has 0 bridgehead atoms. The Balaban J connectivity index is 2.89. The summed E-state index contributed by atoms with van der Waals surface area (Å²) in [6.07, 6.45) is 0. The van der Waals surface area contributed by atoms with E-state index >= 15 is 0 Å². The van der Waals surface area contributed by atoms with Crippen LogP contribution in [0, 0.1) is 18.3 Å². The molecule has 0 saturated carbocycles. The lowest BCUT2D eigenvalue weighted by Gasteiger charge is -1.86. The van der Waals surface area contributed by atoms with Crippen LogP contribution in [0.1, 0.15) is 11.5 Å². The first-order valence-corrected chi connectivity index (χ1v) is 3.57. The molecule has 0 saturated heterocycles. The Labute approximate surface area is 69.2 Å². The van der Waals surface area contributed by atoms with Gasteiger partial charge in [0.25, 0.3) is 0 Å². The third kappa shape index (κ3) is 0.857. The minimum atomic E-state index is 0.535. The number of hydrogen-bond donors (Lipinski definition) is 0. The molecule has 2 rings (SSSR count). The molecule has 0 aliphatic rings. The highest BCUT2D eigenvalue weighted by Gasteiger charge is 2.05. The third-order valence-electron chi connectivity index (χ3n) is 1.64. The van der Waals surface area contributed by atoms with E-state index < -0.39 is 0 Å². The molecular weight excluding hydrogens is 152 g/mol. The number of rotatable bonds is 0. The molecule has 12 heavy (non-hydrogen) atoms. The number of para-hydroxylation sites is 1. The summed E-state index contributed by atoms with van der Waals surface area (Å²) in [5, 5.41) is 8.71. The molecule has 58 valence electrons. The van der Waals surface area contributed by atoms with Gasteiger partial charge in [-0.15, -0.1) is 0 Å². The summed E-state index contributed by atoms with van der Waals surface area (Å²) in [6.45, 7) is 1.77. The van der Waals surface area contributed by atoms with Crippen LogP contribution in [0.2, 0.25) is 0 Å². The summed E-state index contributed by atoms with van der Waals surface area (Å²) in [5.41, 5.74) is 1.86. The molecule has 0 unspecified atom stereocenters. The minimum absolute atomic E-state index is 0.535. The van der Waals surface area contributed by atoms with Crippen LogP contribution in [0.4, 0.5) is 0 Å². The number of nitriles is 1. The number of fused-ring (bicyclic) bond motifs is 1. The quantitative estimate of drug-likeness (QED) is 0.589. The van der Waals surface area contributed by atoms with Crippen molar-refractivity contribution >= 4 is 11.1 Å². The topological polar surface area (TPSA) is 49.8 Å². The first-order valence-electron chi connectivity index (χ1n) is 3.57. The van der Waals surface area contributed by atoms with Crippen molar-refractivity contribution in [2.24, 2.45) is 0 Å². The maximum absolute atomic E-state index is 8.71. The van der Waals surface area contributed by atoms with Gasteiger partial charge in [0.1, 0.15) is 11.6 Å². The molecular formula is C9H6N2O. The van der Waals surface area contributed by atoms with E-state index in [1.54, 1.807) is 19.1 Å². The molecule has 0 aliphatic carbocycles. The highest BCUT2D eigenvalue weighted by molar-refractivity contribution is 5.78. The molecule has 3 nitrogen and oxygen atoms in total. The standard InChI is InChI=1S/C9H6N2O/c1-6-11-8-4-2-3-7(5-10)9(8)12-6/h2-4H,1H3. The molecule has 2 aromatic rings. The van der Waals surface area contributed by atoms with Crippen molar-refractivity contribution in [3.8, 4) is 6.07 Å². The van der Waals surface area contributed by atoms with Crippen molar-refractivity contribution in [2.45, 2.75) is 6.92 Å². The molecule has 1 aromatic heterocycles. The Kier molecular flexibility index (Phi) is 1.34. The average Bonchev–Trinajstić information content (AvgIpc) is 2.44.